The first-order chi connectivity index (χ1) is 9.17. The average molecular weight is 276 g/mol. The molecular weight excluding hydrogens is 248 g/mol. The van der Waals surface area contributed by atoms with Crippen LogP contribution in [0.25, 0.3) is 0 Å². The molecule has 0 amide bonds. The van der Waals surface area contributed by atoms with Gasteiger partial charge in [0.25, 0.3) is 0 Å². The van der Waals surface area contributed by atoms with Crippen LogP contribution in [0.5, 0.6) is 0 Å². The predicted molar refractivity (Wildman–Crippen MR) is 83.6 cm³/mol. The molecule has 0 aromatic heterocycles. The molecule has 20 heavy (non-hydrogen) atoms. The van der Waals surface area contributed by atoms with Gasteiger partial charge in [0.05, 0.1) is 0 Å². The third-order valence-corrected chi connectivity index (χ3v) is 3.94. The summed E-state index contributed by atoms with van der Waals surface area (Å²) < 4.78 is 0. The van der Waals surface area contributed by atoms with Crippen LogP contribution in [-0.4, -0.2) is 22.2 Å². The summed E-state index contributed by atoms with van der Waals surface area (Å²) in [6.45, 7) is 10.9. The van der Waals surface area contributed by atoms with Gasteiger partial charge in [0, 0.05) is 17.1 Å². The topological polar surface area (TPSA) is 44.3 Å². The Morgan fingerprint density at radius 2 is 1.80 bits per heavy atom. The molecule has 1 saturated heterocycles. The molecular formula is C17H28N2O. The molecule has 1 fully saturated rings. The van der Waals surface area contributed by atoms with E-state index in [9.17, 15) is 5.11 Å². The van der Waals surface area contributed by atoms with Crippen molar-refractivity contribution in [2.75, 3.05) is 0 Å². The number of rotatable bonds is 3. The van der Waals surface area contributed by atoms with Gasteiger partial charge in [0.2, 0.25) is 0 Å². The highest BCUT2D eigenvalue weighted by Gasteiger charge is 2.38. The van der Waals surface area contributed by atoms with Crippen LogP contribution in [0.3, 0.4) is 0 Å². The van der Waals surface area contributed by atoms with Gasteiger partial charge in [-0.1, -0.05) is 29.8 Å². The highest BCUT2D eigenvalue weighted by Crippen LogP contribution is 2.29. The van der Waals surface area contributed by atoms with Crippen LogP contribution in [0, 0.1) is 6.92 Å². The summed E-state index contributed by atoms with van der Waals surface area (Å²) in [5, 5.41) is 17.5. The fourth-order valence-electron chi connectivity index (χ4n) is 3.60. The van der Waals surface area contributed by atoms with Crippen molar-refractivity contribution in [3.05, 3.63) is 35.4 Å². The summed E-state index contributed by atoms with van der Waals surface area (Å²) >= 11 is 0. The van der Waals surface area contributed by atoms with Crippen molar-refractivity contribution in [1.82, 2.24) is 10.6 Å². The number of aryl methyl sites for hydroxylation is 1. The Morgan fingerprint density at radius 3 is 2.35 bits per heavy atom. The van der Waals surface area contributed by atoms with Crippen LogP contribution in [-0.2, 0) is 0 Å². The van der Waals surface area contributed by atoms with Crippen molar-refractivity contribution in [1.29, 1.82) is 0 Å². The standard InChI is InChI=1S/C17H28N2O/c1-12-7-6-8-13(9-12)15(20)18-14-10-16(2,3)19-17(4,5)11-14/h6-9,14-15,18-20H,10-11H2,1-5H3. The number of nitrogens with one attached hydrogen (secondary N) is 2. The zero-order valence-electron chi connectivity index (χ0n) is 13.3. The Kier molecular flexibility index (Phi) is 4.24. The van der Waals surface area contributed by atoms with E-state index in [2.05, 4.69) is 38.3 Å². The van der Waals surface area contributed by atoms with Crippen LogP contribution in [0.1, 0.15) is 57.9 Å². The third-order valence-electron chi connectivity index (χ3n) is 3.94. The second-order valence-electron chi connectivity index (χ2n) is 7.48. The molecule has 3 N–H and O–H groups in total. The molecule has 1 aliphatic rings. The van der Waals surface area contributed by atoms with E-state index in [1.165, 1.54) is 5.56 Å². The lowest BCUT2D eigenvalue weighted by Gasteiger charge is -2.47. The molecule has 0 spiro atoms. The molecule has 0 saturated carbocycles. The molecule has 1 aromatic carbocycles. The highest BCUT2D eigenvalue weighted by molar-refractivity contribution is 5.23. The fourth-order valence-corrected chi connectivity index (χ4v) is 3.60. The molecule has 2 rings (SSSR count). The fraction of sp³-hybridized carbons (Fsp3) is 0.647. The smallest absolute Gasteiger partial charge is 0.131 e. The molecule has 0 radical (unpaired) electrons. The highest BCUT2D eigenvalue weighted by atomic mass is 16.3. The van der Waals surface area contributed by atoms with Crippen LogP contribution < -0.4 is 10.6 Å². The van der Waals surface area contributed by atoms with Crippen molar-refractivity contribution in [2.24, 2.45) is 0 Å². The van der Waals surface area contributed by atoms with Crippen molar-refractivity contribution in [2.45, 2.75) is 70.8 Å². The average Bonchev–Trinajstić information content (AvgIpc) is 2.24. The van der Waals surface area contributed by atoms with E-state index in [0.29, 0.717) is 6.04 Å². The maximum absolute atomic E-state index is 10.4. The number of hydrogen-bond acceptors (Lipinski definition) is 3. The van der Waals surface area contributed by atoms with E-state index >= 15 is 0 Å². The second kappa shape index (κ2) is 5.47. The summed E-state index contributed by atoms with van der Waals surface area (Å²) in [5.74, 6) is 0. The minimum Gasteiger partial charge on any atom is -0.374 e. The Morgan fingerprint density at radius 1 is 1.20 bits per heavy atom. The summed E-state index contributed by atoms with van der Waals surface area (Å²) in [4.78, 5) is 0. The molecule has 3 nitrogen and oxygen atoms in total. The molecule has 112 valence electrons. The Labute approximate surface area is 122 Å². The van der Waals surface area contributed by atoms with Gasteiger partial charge in [-0.15, -0.1) is 0 Å². The minimum absolute atomic E-state index is 0.0890. The van der Waals surface area contributed by atoms with E-state index in [0.717, 1.165) is 18.4 Å². The van der Waals surface area contributed by atoms with Crippen molar-refractivity contribution >= 4 is 0 Å². The summed E-state index contributed by atoms with van der Waals surface area (Å²) in [5.41, 5.74) is 2.30. The van der Waals surface area contributed by atoms with Gasteiger partial charge in [0.15, 0.2) is 0 Å². The van der Waals surface area contributed by atoms with E-state index in [1.54, 1.807) is 0 Å². The Hall–Kier alpha value is -0.900. The van der Waals surface area contributed by atoms with Crippen molar-refractivity contribution in [3.8, 4) is 0 Å². The van der Waals surface area contributed by atoms with Crippen molar-refractivity contribution in [3.63, 3.8) is 0 Å². The molecule has 1 heterocycles. The minimum atomic E-state index is -0.593. The van der Waals surface area contributed by atoms with Crippen LogP contribution in [0.2, 0.25) is 0 Å². The molecule has 3 heteroatoms. The van der Waals surface area contributed by atoms with Gasteiger partial charge < -0.3 is 10.4 Å². The Balaban J connectivity index is 2.05. The maximum atomic E-state index is 10.4. The van der Waals surface area contributed by atoms with E-state index in [1.807, 2.05) is 31.2 Å². The lowest BCUT2D eigenvalue weighted by Crippen LogP contribution is -2.61. The summed E-state index contributed by atoms with van der Waals surface area (Å²) in [6, 6.07) is 8.37. The number of hydrogen-bond donors (Lipinski definition) is 3. The lowest BCUT2D eigenvalue weighted by atomic mass is 9.79. The third kappa shape index (κ3) is 4.05. The van der Waals surface area contributed by atoms with Crippen LogP contribution in [0.15, 0.2) is 24.3 Å². The number of piperidine rings is 1. The first-order valence-electron chi connectivity index (χ1n) is 7.47. The van der Waals surface area contributed by atoms with E-state index in [-0.39, 0.29) is 11.1 Å². The zero-order valence-corrected chi connectivity index (χ0v) is 13.3. The summed E-state index contributed by atoms with van der Waals surface area (Å²) in [6.07, 6.45) is 1.43. The Bertz CT molecular complexity index is 452. The normalized spacial score (nSPS) is 23.5. The number of benzene rings is 1. The van der Waals surface area contributed by atoms with Gasteiger partial charge in [-0.25, -0.2) is 0 Å². The molecule has 1 aromatic rings. The quantitative estimate of drug-likeness (QED) is 0.744. The molecule has 0 bridgehead atoms. The summed E-state index contributed by atoms with van der Waals surface area (Å²) in [7, 11) is 0. The van der Waals surface area contributed by atoms with Gasteiger partial charge >= 0.3 is 0 Å². The molecule has 1 aliphatic heterocycles. The predicted octanol–water partition coefficient (Wildman–Crippen LogP) is 2.88. The van der Waals surface area contributed by atoms with Gasteiger partial charge in [-0.3, -0.25) is 5.32 Å². The van der Waals surface area contributed by atoms with Gasteiger partial charge in [0.1, 0.15) is 6.23 Å². The molecule has 1 atom stereocenters. The van der Waals surface area contributed by atoms with Gasteiger partial charge in [-0.05, 0) is 53.0 Å². The SMILES string of the molecule is Cc1cccc(C(O)NC2CC(C)(C)NC(C)(C)C2)c1. The monoisotopic (exact) mass is 276 g/mol. The molecule has 1 unspecified atom stereocenters. The first-order valence-corrected chi connectivity index (χ1v) is 7.47. The maximum Gasteiger partial charge on any atom is 0.131 e. The lowest BCUT2D eigenvalue weighted by molar-refractivity contribution is 0.0767. The number of aliphatic hydroxyl groups is 1. The van der Waals surface area contributed by atoms with Gasteiger partial charge in [-0.2, -0.15) is 0 Å². The van der Waals surface area contributed by atoms with Crippen LogP contribution in [0.4, 0.5) is 0 Å². The van der Waals surface area contributed by atoms with Crippen molar-refractivity contribution < 1.29 is 5.11 Å². The molecule has 0 aliphatic carbocycles. The van der Waals surface area contributed by atoms with Crippen LogP contribution >= 0.6 is 0 Å². The number of aliphatic hydroxyl groups excluding tert-OH is 1. The second-order valence-corrected chi connectivity index (χ2v) is 7.48. The zero-order chi connectivity index (χ0) is 15.0. The first kappa shape index (κ1) is 15.5. The largest absolute Gasteiger partial charge is 0.374 e. The van der Waals surface area contributed by atoms with E-state index in [4.69, 9.17) is 0 Å². The van der Waals surface area contributed by atoms with E-state index < -0.39 is 6.23 Å².